The van der Waals surface area contributed by atoms with E-state index in [1.54, 1.807) is 7.11 Å². The van der Waals surface area contributed by atoms with Crippen molar-refractivity contribution >= 4 is 0 Å². The fourth-order valence-electron chi connectivity index (χ4n) is 1.10. The predicted octanol–water partition coefficient (Wildman–Crippen LogP) is 1.41. The van der Waals surface area contributed by atoms with Crippen LogP contribution in [0.1, 0.15) is 20.3 Å². The van der Waals surface area contributed by atoms with Gasteiger partial charge in [0.15, 0.2) is 5.79 Å². The average Bonchev–Trinajstić information content (AvgIpc) is 2.15. The molecule has 1 aliphatic heterocycles. The van der Waals surface area contributed by atoms with E-state index in [1.807, 2.05) is 6.92 Å². The zero-order valence-corrected chi connectivity index (χ0v) is 6.31. The lowest BCUT2D eigenvalue weighted by Gasteiger charge is -2.25. The van der Waals surface area contributed by atoms with Crippen molar-refractivity contribution in [1.82, 2.24) is 0 Å². The van der Waals surface area contributed by atoms with Gasteiger partial charge < -0.3 is 9.47 Å². The van der Waals surface area contributed by atoms with E-state index in [2.05, 4.69) is 6.92 Å². The fraction of sp³-hybridized carbons (Fsp3) is 1.00. The summed E-state index contributed by atoms with van der Waals surface area (Å²) in [6.45, 7) is 4.98. The Kier molecular flexibility index (Phi) is 1.78. The van der Waals surface area contributed by atoms with Gasteiger partial charge in [-0.1, -0.05) is 6.92 Å². The normalized spacial score (nSPS) is 43.7. The number of rotatable bonds is 1. The molecule has 9 heavy (non-hydrogen) atoms. The molecule has 2 nitrogen and oxygen atoms in total. The monoisotopic (exact) mass is 130 g/mol. The van der Waals surface area contributed by atoms with Crippen molar-refractivity contribution in [3.63, 3.8) is 0 Å². The van der Waals surface area contributed by atoms with Gasteiger partial charge >= 0.3 is 0 Å². The zero-order chi connectivity index (χ0) is 6.91. The molecule has 2 atom stereocenters. The van der Waals surface area contributed by atoms with Crippen LogP contribution in [0.5, 0.6) is 0 Å². The first-order chi connectivity index (χ1) is 4.19. The Hall–Kier alpha value is -0.0800. The van der Waals surface area contributed by atoms with Crippen LogP contribution in [0.25, 0.3) is 0 Å². The maximum Gasteiger partial charge on any atom is 0.167 e. The van der Waals surface area contributed by atoms with E-state index in [9.17, 15) is 0 Å². The van der Waals surface area contributed by atoms with E-state index in [0.29, 0.717) is 5.92 Å². The minimum Gasteiger partial charge on any atom is -0.353 e. The highest BCUT2D eigenvalue weighted by Crippen LogP contribution is 2.31. The molecule has 0 radical (unpaired) electrons. The van der Waals surface area contributed by atoms with E-state index < -0.39 is 0 Å². The summed E-state index contributed by atoms with van der Waals surface area (Å²) in [5.41, 5.74) is 0. The Morgan fingerprint density at radius 3 is 2.56 bits per heavy atom. The molecule has 0 amide bonds. The molecule has 0 aromatic carbocycles. The summed E-state index contributed by atoms with van der Waals surface area (Å²) >= 11 is 0. The Bertz CT molecular complexity index is 103. The first-order valence-electron chi connectivity index (χ1n) is 3.38. The van der Waals surface area contributed by atoms with E-state index in [-0.39, 0.29) is 5.79 Å². The second-order valence-corrected chi connectivity index (χ2v) is 2.76. The summed E-state index contributed by atoms with van der Waals surface area (Å²) in [5, 5.41) is 0. The molecule has 1 saturated heterocycles. The fourth-order valence-corrected chi connectivity index (χ4v) is 1.10. The van der Waals surface area contributed by atoms with Crippen LogP contribution >= 0.6 is 0 Å². The number of hydrogen-bond acceptors (Lipinski definition) is 2. The summed E-state index contributed by atoms with van der Waals surface area (Å²) in [5.74, 6) is 0.225. The highest BCUT2D eigenvalue weighted by Gasteiger charge is 2.36. The van der Waals surface area contributed by atoms with Crippen molar-refractivity contribution in [3.05, 3.63) is 0 Å². The Morgan fingerprint density at radius 2 is 2.33 bits per heavy atom. The highest BCUT2D eigenvalue weighted by atomic mass is 16.7. The molecule has 1 aliphatic rings. The molecule has 0 saturated carbocycles. The maximum atomic E-state index is 5.38. The van der Waals surface area contributed by atoms with Crippen molar-refractivity contribution in [1.29, 1.82) is 0 Å². The second-order valence-electron chi connectivity index (χ2n) is 2.76. The third kappa shape index (κ3) is 1.10. The highest BCUT2D eigenvalue weighted by molar-refractivity contribution is 4.76. The van der Waals surface area contributed by atoms with Crippen molar-refractivity contribution in [2.45, 2.75) is 26.1 Å². The molecule has 0 aliphatic carbocycles. The first kappa shape index (κ1) is 7.03. The summed E-state index contributed by atoms with van der Waals surface area (Å²) in [6.07, 6.45) is 1.12. The standard InChI is InChI=1S/C7H14O2/c1-6-4-5-9-7(6,2)8-3/h6H,4-5H2,1-3H3/t6-,7+/m0/s1. The van der Waals surface area contributed by atoms with Crippen molar-refractivity contribution in [3.8, 4) is 0 Å². The number of hydrogen-bond donors (Lipinski definition) is 0. The van der Waals surface area contributed by atoms with Gasteiger partial charge in [0, 0.05) is 13.0 Å². The SMILES string of the molecule is CO[C@]1(C)OCC[C@@H]1C. The quantitative estimate of drug-likeness (QED) is 0.534. The molecule has 0 unspecified atom stereocenters. The van der Waals surface area contributed by atoms with Gasteiger partial charge in [-0.25, -0.2) is 0 Å². The van der Waals surface area contributed by atoms with Crippen LogP contribution in [-0.2, 0) is 9.47 Å². The average molecular weight is 130 g/mol. The molecule has 0 bridgehead atoms. The van der Waals surface area contributed by atoms with Gasteiger partial charge in [-0.3, -0.25) is 0 Å². The summed E-state index contributed by atoms with van der Waals surface area (Å²) < 4.78 is 10.6. The lowest BCUT2D eigenvalue weighted by molar-refractivity contribution is -0.198. The van der Waals surface area contributed by atoms with Crippen molar-refractivity contribution in [2.24, 2.45) is 5.92 Å². The van der Waals surface area contributed by atoms with Gasteiger partial charge in [-0.15, -0.1) is 0 Å². The van der Waals surface area contributed by atoms with Crippen LogP contribution in [0.4, 0.5) is 0 Å². The van der Waals surface area contributed by atoms with Crippen molar-refractivity contribution < 1.29 is 9.47 Å². The lowest BCUT2D eigenvalue weighted by Crippen LogP contribution is -2.31. The molecule has 1 heterocycles. The van der Waals surface area contributed by atoms with Crippen LogP contribution in [0, 0.1) is 5.92 Å². The summed E-state index contributed by atoms with van der Waals surface area (Å²) in [4.78, 5) is 0. The number of methoxy groups -OCH3 is 1. The minimum absolute atomic E-state index is 0.306. The van der Waals surface area contributed by atoms with Crippen molar-refractivity contribution in [2.75, 3.05) is 13.7 Å². The summed E-state index contributed by atoms with van der Waals surface area (Å²) in [7, 11) is 1.70. The molecular weight excluding hydrogens is 116 g/mol. The van der Waals surface area contributed by atoms with Gasteiger partial charge in [0.1, 0.15) is 0 Å². The molecule has 2 heteroatoms. The van der Waals surface area contributed by atoms with Gasteiger partial charge in [0.2, 0.25) is 0 Å². The van der Waals surface area contributed by atoms with Gasteiger partial charge in [0.05, 0.1) is 6.61 Å². The number of ether oxygens (including phenoxy) is 2. The van der Waals surface area contributed by atoms with Crippen LogP contribution in [0.15, 0.2) is 0 Å². The van der Waals surface area contributed by atoms with E-state index in [0.717, 1.165) is 13.0 Å². The lowest BCUT2D eigenvalue weighted by atomic mass is 10.0. The van der Waals surface area contributed by atoms with Gasteiger partial charge in [-0.2, -0.15) is 0 Å². The summed E-state index contributed by atoms with van der Waals surface area (Å²) in [6, 6.07) is 0. The molecule has 0 spiro atoms. The Morgan fingerprint density at radius 1 is 1.67 bits per heavy atom. The van der Waals surface area contributed by atoms with E-state index >= 15 is 0 Å². The Labute approximate surface area is 56.2 Å². The van der Waals surface area contributed by atoms with Gasteiger partial charge in [0.25, 0.3) is 0 Å². The molecule has 0 aromatic rings. The maximum absolute atomic E-state index is 5.38. The zero-order valence-electron chi connectivity index (χ0n) is 6.31. The first-order valence-corrected chi connectivity index (χ1v) is 3.38. The molecule has 1 fully saturated rings. The van der Waals surface area contributed by atoms with E-state index in [1.165, 1.54) is 0 Å². The Balaban J connectivity index is 2.56. The minimum atomic E-state index is -0.306. The molecule has 1 rings (SSSR count). The smallest absolute Gasteiger partial charge is 0.167 e. The largest absolute Gasteiger partial charge is 0.353 e. The molecular formula is C7H14O2. The third-order valence-electron chi connectivity index (χ3n) is 2.24. The van der Waals surface area contributed by atoms with E-state index in [4.69, 9.17) is 9.47 Å². The molecule has 0 aromatic heterocycles. The van der Waals surface area contributed by atoms with Crippen LogP contribution in [0.2, 0.25) is 0 Å². The predicted molar refractivity (Wildman–Crippen MR) is 35.1 cm³/mol. The van der Waals surface area contributed by atoms with Crippen LogP contribution < -0.4 is 0 Å². The second kappa shape index (κ2) is 2.27. The molecule has 54 valence electrons. The topological polar surface area (TPSA) is 18.5 Å². The van der Waals surface area contributed by atoms with Crippen LogP contribution in [0.3, 0.4) is 0 Å². The van der Waals surface area contributed by atoms with Gasteiger partial charge in [-0.05, 0) is 13.3 Å². The third-order valence-corrected chi connectivity index (χ3v) is 2.24. The molecule has 0 N–H and O–H groups in total. The van der Waals surface area contributed by atoms with Crippen LogP contribution in [-0.4, -0.2) is 19.5 Å².